The number of ether oxygens (including phenoxy) is 1. The number of nitro groups is 1. The predicted molar refractivity (Wildman–Crippen MR) is 94.9 cm³/mol. The van der Waals surface area contributed by atoms with Crippen LogP contribution in [0.3, 0.4) is 0 Å². The summed E-state index contributed by atoms with van der Waals surface area (Å²) < 4.78 is 5.24. The van der Waals surface area contributed by atoms with Crippen molar-refractivity contribution in [2.75, 3.05) is 12.4 Å². The number of benzene rings is 2. The largest absolute Gasteiger partial charge is 0.495 e. The molecule has 0 radical (unpaired) electrons. The average Bonchev–Trinajstić information content (AvgIpc) is 3.13. The zero-order chi connectivity index (χ0) is 17.9. The Kier molecular flexibility index (Phi) is 4.70. The lowest BCUT2D eigenvalue weighted by Crippen LogP contribution is -2.38. The highest BCUT2D eigenvalue weighted by molar-refractivity contribution is 6.00. The van der Waals surface area contributed by atoms with Gasteiger partial charge in [0.2, 0.25) is 5.91 Å². The van der Waals surface area contributed by atoms with Gasteiger partial charge in [0.15, 0.2) is 0 Å². The van der Waals surface area contributed by atoms with Crippen molar-refractivity contribution in [1.29, 1.82) is 0 Å². The molecule has 2 aromatic rings. The Morgan fingerprint density at radius 3 is 2.44 bits per heavy atom. The van der Waals surface area contributed by atoms with Crippen LogP contribution in [0.25, 0.3) is 0 Å². The summed E-state index contributed by atoms with van der Waals surface area (Å²) in [5.74, 6) is 0.259. The highest BCUT2D eigenvalue weighted by atomic mass is 16.6. The molecule has 0 atom stereocenters. The molecule has 2 aromatic carbocycles. The molecule has 0 aliphatic heterocycles. The summed E-state index contributed by atoms with van der Waals surface area (Å²) in [7, 11) is 1.47. The number of carbonyl (C=O) groups is 1. The maximum atomic E-state index is 13.1. The number of methoxy groups -OCH3 is 1. The minimum Gasteiger partial charge on any atom is -0.495 e. The van der Waals surface area contributed by atoms with E-state index in [1.807, 2.05) is 30.3 Å². The Hall–Kier alpha value is -2.89. The minimum atomic E-state index is -0.600. The molecule has 1 amide bonds. The minimum absolute atomic E-state index is 0.0868. The first-order valence-corrected chi connectivity index (χ1v) is 8.26. The van der Waals surface area contributed by atoms with E-state index >= 15 is 0 Å². The van der Waals surface area contributed by atoms with Crippen molar-refractivity contribution >= 4 is 17.3 Å². The normalized spacial score (nSPS) is 15.6. The van der Waals surface area contributed by atoms with Crippen LogP contribution in [-0.2, 0) is 10.2 Å². The topological polar surface area (TPSA) is 81.5 Å². The Balaban J connectivity index is 1.95. The smallest absolute Gasteiger partial charge is 0.271 e. The second-order valence-electron chi connectivity index (χ2n) is 6.25. The van der Waals surface area contributed by atoms with Crippen molar-refractivity contribution < 1.29 is 14.5 Å². The van der Waals surface area contributed by atoms with Gasteiger partial charge in [0.1, 0.15) is 5.75 Å². The van der Waals surface area contributed by atoms with E-state index in [0.717, 1.165) is 31.2 Å². The molecule has 0 aromatic heterocycles. The maximum Gasteiger partial charge on any atom is 0.271 e. The van der Waals surface area contributed by atoms with Crippen LogP contribution in [0, 0.1) is 10.1 Å². The van der Waals surface area contributed by atoms with Gasteiger partial charge in [0, 0.05) is 12.1 Å². The van der Waals surface area contributed by atoms with Gasteiger partial charge in [-0.3, -0.25) is 14.9 Å². The number of nitrogens with one attached hydrogen (secondary N) is 1. The molecule has 6 nitrogen and oxygen atoms in total. The lowest BCUT2D eigenvalue weighted by atomic mass is 9.78. The first-order valence-electron chi connectivity index (χ1n) is 8.26. The van der Waals surface area contributed by atoms with Gasteiger partial charge in [0.25, 0.3) is 5.69 Å². The fourth-order valence-corrected chi connectivity index (χ4v) is 3.53. The third kappa shape index (κ3) is 3.20. The van der Waals surface area contributed by atoms with Crippen molar-refractivity contribution in [2.24, 2.45) is 0 Å². The molecule has 0 bridgehead atoms. The highest BCUT2D eigenvalue weighted by Crippen LogP contribution is 2.42. The molecule has 1 saturated carbocycles. The molecular formula is C19H20N2O4. The van der Waals surface area contributed by atoms with E-state index in [1.165, 1.54) is 25.3 Å². The first kappa shape index (κ1) is 17.0. The SMILES string of the molecule is COc1ccc([N+](=O)[O-])cc1NC(=O)C1(c2ccccc2)CCCC1. The molecule has 3 rings (SSSR count). The number of anilines is 1. The summed E-state index contributed by atoms with van der Waals surface area (Å²) in [6.45, 7) is 0. The number of hydrogen-bond donors (Lipinski definition) is 1. The van der Waals surface area contributed by atoms with Gasteiger partial charge in [-0.05, 0) is 24.5 Å². The van der Waals surface area contributed by atoms with E-state index in [9.17, 15) is 14.9 Å². The van der Waals surface area contributed by atoms with Gasteiger partial charge in [-0.1, -0.05) is 43.2 Å². The molecule has 0 heterocycles. The van der Waals surface area contributed by atoms with E-state index < -0.39 is 10.3 Å². The Morgan fingerprint density at radius 2 is 1.84 bits per heavy atom. The number of carbonyl (C=O) groups excluding carboxylic acids is 1. The van der Waals surface area contributed by atoms with E-state index in [-0.39, 0.29) is 11.6 Å². The number of non-ortho nitro benzene ring substituents is 1. The van der Waals surface area contributed by atoms with Gasteiger partial charge in [-0.25, -0.2) is 0 Å². The monoisotopic (exact) mass is 340 g/mol. The van der Waals surface area contributed by atoms with Crippen LogP contribution in [0.4, 0.5) is 11.4 Å². The Bertz CT molecular complexity index is 783. The van der Waals surface area contributed by atoms with E-state index in [1.54, 1.807) is 0 Å². The fourth-order valence-electron chi connectivity index (χ4n) is 3.53. The number of hydrogen-bond acceptors (Lipinski definition) is 4. The quantitative estimate of drug-likeness (QED) is 0.657. The van der Waals surface area contributed by atoms with Crippen molar-refractivity contribution in [2.45, 2.75) is 31.1 Å². The van der Waals surface area contributed by atoms with Crippen LogP contribution < -0.4 is 10.1 Å². The van der Waals surface area contributed by atoms with Gasteiger partial charge in [-0.2, -0.15) is 0 Å². The first-order chi connectivity index (χ1) is 12.1. The molecule has 1 aliphatic rings. The lowest BCUT2D eigenvalue weighted by molar-refractivity contribution is -0.384. The summed E-state index contributed by atoms with van der Waals surface area (Å²) in [6, 6.07) is 13.9. The van der Waals surface area contributed by atoms with E-state index in [0.29, 0.717) is 11.4 Å². The van der Waals surface area contributed by atoms with Gasteiger partial charge < -0.3 is 10.1 Å². The zero-order valence-electron chi connectivity index (χ0n) is 14.0. The van der Waals surface area contributed by atoms with Crippen LogP contribution in [0.2, 0.25) is 0 Å². The summed E-state index contributed by atoms with van der Waals surface area (Å²) in [6.07, 6.45) is 3.49. The van der Waals surface area contributed by atoms with Crippen LogP contribution in [0.5, 0.6) is 5.75 Å². The number of nitrogens with zero attached hydrogens (tertiary/aromatic N) is 1. The third-order valence-corrected chi connectivity index (χ3v) is 4.86. The predicted octanol–water partition coefficient (Wildman–Crippen LogP) is 4.05. The third-order valence-electron chi connectivity index (χ3n) is 4.86. The molecule has 130 valence electrons. The van der Waals surface area contributed by atoms with Gasteiger partial charge in [0.05, 0.1) is 23.1 Å². The van der Waals surface area contributed by atoms with Gasteiger partial charge >= 0.3 is 0 Å². The average molecular weight is 340 g/mol. The molecule has 1 fully saturated rings. The second-order valence-corrected chi connectivity index (χ2v) is 6.25. The zero-order valence-corrected chi connectivity index (χ0v) is 14.0. The summed E-state index contributed by atoms with van der Waals surface area (Å²) in [5, 5.41) is 13.9. The number of amides is 1. The lowest BCUT2D eigenvalue weighted by Gasteiger charge is -2.28. The molecule has 25 heavy (non-hydrogen) atoms. The van der Waals surface area contributed by atoms with Crippen molar-refractivity contribution in [3.8, 4) is 5.75 Å². The van der Waals surface area contributed by atoms with Crippen LogP contribution in [0.15, 0.2) is 48.5 Å². The summed E-state index contributed by atoms with van der Waals surface area (Å²) in [4.78, 5) is 23.7. The molecule has 0 unspecified atom stereocenters. The number of rotatable bonds is 5. The van der Waals surface area contributed by atoms with Crippen LogP contribution >= 0.6 is 0 Å². The molecule has 1 aliphatic carbocycles. The molecule has 0 spiro atoms. The molecule has 0 saturated heterocycles. The Labute approximate surface area is 146 Å². The van der Waals surface area contributed by atoms with Gasteiger partial charge in [-0.15, -0.1) is 0 Å². The van der Waals surface area contributed by atoms with Crippen LogP contribution in [-0.4, -0.2) is 17.9 Å². The standard InChI is InChI=1S/C19H20N2O4/c1-25-17-10-9-15(21(23)24)13-16(17)20-18(22)19(11-5-6-12-19)14-7-3-2-4-8-14/h2-4,7-10,13H,5-6,11-12H2,1H3,(H,20,22). The van der Waals surface area contributed by atoms with Crippen molar-refractivity contribution in [3.05, 3.63) is 64.2 Å². The summed E-state index contributed by atoms with van der Waals surface area (Å²) >= 11 is 0. The Morgan fingerprint density at radius 1 is 1.16 bits per heavy atom. The summed E-state index contributed by atoms with van der Waals surface area (Å²) in [5.41, 5.74) is 0.617. The van der Waals surface area contributed by atoms with E-state index in [4.69, 9.17) is 4.74 Å². The highest BCUT2D eigenvalue weighted by Gasteiger charge is 2.42. The second kappa shape index (κ2) is 6.93. The van der Waals surface area contributed by atoms with Crippen LogP contribution in [0.1, 0.15) is 31.2 Å². The number of nitro benzene ring substituents is 1. The molecule has 1 N–H and O–H groups in total. The van der Waals surface area contributed by atoms with E-state index in [2.05, 4.69) is 5.32 Å². The van der Waals surface area contributed by atoms with Crippen molar-refractivity contribution in [1.82, 2.24) is 0 Å². The fraction of sp³-hybridized carbons (Fsp3) is 0.316. The molecule has 6 heteroatoms. The van der Waals surface area contributed by atoms with Crippen molar-refractivity contribution in [3.63, 3.8) is 0 Å². The maximum absolute atomic E-state index is 13.1. The molecular weight excluding hydrogens is 320 g/mol.